The van der Waals surface area contributed by atoms with Crippen LogP contribution >= 0.6 is 0 Å². The minimum atomic E-state index is 0.0627. The van der Waals surface area contributed by atoms with Crippen molar-refractivity contribution in [2.75, 3.05) is 50.9 Å². The molecule has 10 heteroatoms. The van der Waals surface area contributed by atoms with E-state index in [1.54, 1.807) is 12.7 Å². The summed E-state index contributed by atoms with van der Waals surface area (Å²) in [5.41, 5.74) is 2.76. The van der Waals surface area contributed by atoms with E-state index in [-0.39, 0.29) is 11.8 Å². The van der Waals surface area contributed by atoms with E-state index < -0.39 is 0 Å². The Labute approximate surface area is 221 Å². The number of hydrogen-bond donors (Lipinski definition) is 1. The Hall–Kier alpha value is -3.63. The van der Waals surface area contributed by atoms with Crippen molar-refractivity contribution in [2.24, 2.45) is 0 Å². The molecule has 2 aliphatic rings. The minimum absolute atomic E-state index is 0.0627. The molecule has 0 saturated carbocycles. The molecule has 2 saturated heterocycles. The smallest absolute Gasteiger partial charge is 0.182 e. The molecule has 0 unspecified atom stereocenters. The number of carbonyl (C=O) groups excluding carboxylic acids is 1. The molecule has 1 atom stereocenters. The van der Waals surface area contributed by atoms with Crippen LogP contribution < -0.4 is 9.64 Å². The topological polar surface area (TPSA) is 109 Å². The third kappa shape index (κ3) is 5.32. The Morgan fingerprint density at radius 2 is 2.00 bits per heavy atom. The van der Waals surface area contributed by atoms with Gasteiger partial charge in [0.1, 0.15) is 29.9 Å². The number of ketones is 1. The lowest BCUT2D eigenvalue weighted by Gasteiger charge is -2.26. The zero-order valence-corrected chi connectivity index (χ0v) is 21.5. The van der Waals surface area contributed by atoms with Crippen LogP contribution in [-0.4, -0.2) is 87.6 Å². The molecule has 0 amide bonds. The molecule has 38 heavy (non-hydrogen) atoms. The molecule has 1 N–H and O–H groups in total. The molecule has 2 fully saturated rings. The van der Waals surface area contributed by atoms with E-state index in [2.05, 4.69) is 34.7 Å². The Morgan fingerprint density at radius 1 is 1.11 bits per heavy atom. The first kappa shape index (κ1) is 24.7. The molecule has 4 aromatic rings. The fourth-order valence-corrected chi connectivity index (χ4v) is 5.42. The van der Waals surface area contributed by atoms with Gasteiger partial charge in [-0.25, -0.2) is 19.9 Å². The van der Waals surface area contributed by atoms with Crippen molar-refractivity contribution in [3.8, 4) is 5.75 Å². The summed E-state index contributed by atoms with van der Waals surface area (Å²) in [5.74, 6) is 1.62. The maximum absolute atomic E-state index is 13.1. The summed E-state index contributed by atoms with van der Waals surface area (Å²) in [6.45, 7) is 5.94. The normalized spacial score (nSPS) is 18.4. The summed E-state index contributed by atoms with van der Waals surface area (Å²) in [6, 6.07) is 9.83. The highest BCUT2D eigenvalue weighted by atomic mass is 16.5. The molecular formula is C28H33N7O3. The highest BCUT2D eigenvalue weighted by Gasteiger charge is 2.28. The summed E-state index contributed by atoms with van der Waals surface area (Å²) >= 11 is 0. The number of nitrogens with zero attached hydrogens (tertiary/aromatic N) is 6. The number of aromatic amines is 1. The first-order valence-corrected chi connectivity index (χ1v) is 13.5. The molecule has 0 aliphatic carbocycles. The molecule has 2 aliphatic heterocycles. The van der Waals surface area contributed by atoms with Crippen LogP contribution in [-0.2, 0) is 4.74 Å². The molecule has 5 heterocycles. The first-order chi connectivity index (χ1) is 18.8. The second-order valence-electron chi connectivity index (χ2n) is 9.96. The van der Waals surface area contributed by atoms with Gasteiger partial charge in [0.15, 0.2) is 17.2 Å². The first-order valence-electron chi connectivity index (χ1n) is 13.5. The van der Waals surface area contributed by atoms with Crippen LogP contribution in [0.15, 0.2) is 43.0 Å². The van der Waals surface area contributed by atoms with E-state index in [0.29, 0.717) is 30.1 Å². The number of benzene rings is 1. The predicted octanol–water partition coefficient (Wildman–Crippen LogP) is 3.63. The van der Waals surface area contributed by atoms with Crippen LogP contribution in [0.5, 0.6) is 5.75 Å². The number of anilines is 1. The Kier molecular flexibility index (Phi) is 7.41. The van der Waals surface area contributed by atoms with Crippen molar-refractivity contribution in [1.29, 1.82) is 0 Å². The summed E-state index contributed by atoms with van der Waals surface area (Å²) in [4.78, 5) is 38.7. The second kappa shape index (κ2) is 11.4. The highest BCUT2D eigenvalue weighted by Crippen LogP contribution is 2.30. The van der Waals surface area contributed by atoms with Crippen molar-refractivity contribution >= 4 is 33.7 Å². The number of rotatable bonds is 10. The van der Waals surface area contributed by atoms with Crippen molar-refractivity contribution < 1.29 is 14.3 Å². The zero-order valence-electron chi connectivity index (χ0n) is 21.5. The highest BCUT2D eigenvalue weighted by molar-refractivity contribution is 5.98. The number of H-pyrrole nitrogens is 1. The average Bonchev–Trinajstić information content (AvgIpc) is 3.64. The van der Waals surface area contributed by atoms with Gasteiger partial charge in [0.2, 0.25) is 0 Å². The van der Waals surface area contributed by atoms with E-state index in [4.69, 9.17) is 9.47 Å². The van der Waals surface area contributed by atoms with Gasteiger partial charge in [0.25, 0.3) is 0 Å². The lowest BCUT2D eigenvalue weighted by molar-refractivity contribution is 0.0371. The van der Waals surface area contributed by atoms with Gasteiger partial charge in [-0.3, -0.25) is 9.69 Å². The van der Waals surface area contributed by atoms with Gasteiger partial charge in [-0.2, -0.15) is 0 Å². The van der Waals surface area contributed by atoms with Crippen LogP contribution in [0, 0.1) is 0 Å². The number of morpholine rings is 1. The van der Waals surface area contributed by atoms with Gasteiger partial charge in [-0.1, -0.05) is 12.1 Å². The number of para-hydroxylation sites is 1. The molecule has 0 bridgehead atoms. The fourth-order valence-electron chi connectivity index (χ4n) is 5.42. The zero-order chi connectivity index (χ0) is 25.7. The predicted molar refractivity (Wildman–Crippen MR) is 145 cm³/mol. The molecule has 3 aromatic heterocycles. The van der Waals surface area contributed by atoms with Gasteiger partial charge < -0.3 is 19.4 Å². The Bertz CT molecular complexity index is 1400. The van der Waals surface area contributed by atoms with Gasteiger partial charge in [-0.15, -0.1) is 0 Å². The fraction of sp³-hybridized carbons (Fsp3) is 0.464. The monoisotopic (exact) mass is 515 g/mol. The number of carbonyl (C=O) groups is 1. The number of fused-ring (bicyclic) bond motifs is 2. The Balaban J connectivity index is 1.14. The molecular weight excluding hydrogens is 482 g/mol. The number of pyridine rings is 1. The largest absolute Gasteiger partial charge is 0.491 e. The number of Topliss-reactive ketones (excluding diaryl/α,β-unsaturated/α-hetero) is 1. The molecule has 0 radical (unpaired) electrons. The number of ether oxygens (including phenoxy) is 2. The van der Waals surface area contributed by atoms with Gasteiger partial charge in [-0.05, 0) is 44.4 Å². The van der Waals surface area contributed by atoms with Crippen molar-refractivity contribution in [3.63, 3.8) is 0 Å². The number of imidazole rings is 1. The number of aromatic nitrogens is 5. The van der Waals surface area contributed by atoms with E-state index in [1.807, 2.05) is 30.3 Å². The maximum Gasteiger partial charge on any atom is 0.182 e. The number of nitrogens with one attached hydrogen (secondary N) is 1. The standard InChI is InChI=1S/C28H33N7O3/c36-24(9-3-4-10-34-12-14-37-15-13-34)23-16-25(21-7-1-2-8-22(21)33-23)38-17-20-6-5-11-35(20)28-26-27(30-18-29-26)31-19-32-28/h1-2,7-8,16,18-20H,3-6,9-15,17H2,(H,29,30,31,32)/t20-/m1/s1. The average molecular weight is 516 g/mol. The van der Waals surface area contributed by atoms with Crippen LogP contribution in [0.1, 0.15) is 42.6 Å². The molecule has 198 valence electrons. The third-order valence-corrected chi connectivity index (χ3v) is 7.48. The minimum Gasteiger partial charge on any atom is -0.491 e. The lowest BCUT2D eigenvalue weighted by atomic mass is 10.1. The van der Waals surface area contributed by atoms with Gasteiger partial charge in [0, 0.05) is 37.5 Å². The summed E-state index contributed by atoms with van der Waals surface area (Å²) in [6.07, 6.45) is 7.58. The van der Waals surface area contributed by atoms with Gasteiger partial charge >= 0.3 is 0 Å². The van der Waals surface area contributed by atoms with Crippen molar-refractivity contribution in [3.05, 3.63) is 48.7 Å². The SMILES string of the molecule is O=C(CCCCN1CCOCC1)c1cc(OC[C@H]2CCCN2c2ncnc3nc[nH]c23)c2ccccc2n1. The quantitative estimate of drug-likeness (QED) is 0.250. The number of unbranched alkanes of at least 4 members (excludes halogenated alkanes) is 1. The molecule has 10 nitrogen and oxygen atoms in total. The lowest BCUT2D eigenvalue weighted by Crippen LogP contribution is -2.36. The molecule has 6 rings (SSSR count). The summed E-state index contributed by atoms with van der Waals surface area (Å²) in [7, 11) is 0. The third-order valence-electron chi connectivity index (χ3n) is 7.48. The van der Waals surface area contributed by atoms with Crippen molar-refractivity contribution in [1.82, 2.24) is 29.8 Å². The van der Waals surface area contributed by atoms with Crippen LogP contribution in [0.2, 0.25) is 0 Å². The van der Waals surface area contributed by atoms with Crippen LogP contribution in [0.25, 0.3) is 22.1 Å². The summed E-state index contributed by atoms with van der Waals surface area (Å²) < 4.78 is 11.8. The van der Waals surface area contributed by atoms with E-state index in [1.165, 1.54) is 0 Å². The van der Waals surface area contributed by atoms with Gasteiger partial charge in [0.05, 0.1) is 31.1 Å². The second-order valence-corrected chi connectivity index (χ2v) is 9.96. The molecule has 0 spiro atoms. The van der Waals surface area contributed by atoms with Crippen molar-refractivity contribution in [2.45, 2.75) is 38.1 Å². The van der Waals surface area contributed by atoms with E-state index in [9.17, 15) is 4.79 Å². The van der Waals surface area contributed by atoms with E-state index in [0.717, 1.165) is 87.3 Å². The number of hydrogen-bond acceptors (Lipinski definition) is 9. The maximum atomic E-state index is 13.1. The van der Waals surface area contributed by atoms with Crippen LogP contribution in [0.3, 0.4) is 0 Å². The van der Waals surface area contributed by atoms with Crippen LogP contribution in [0.4, 0.5) is 5.82 Å². The molecule has 1 aromatic carbocycles. The van der Waals surface area contributed by atoms with E-state index >= 15 is 0 Å². The Morgan fingerprint density at radius 3 is 2.92 bits per heavy atom. The summed E-state index contributed by atoms with van der Waals surface area (Å²) in [5, 5.41) is 0.916.